The van der Waals surface area contributed by atoms with Gasteiger partial charge in [0.25, 0.3) is 5.91 Å². The second-order valence-corrected chi connectivity index (χ2v) is 7.57. The fraction of sp³-hybridized carbons (Fsp3) is 0.429. The Bertz CT molecular complexity index is 793. The van der Waals surface area contributed by atoms with Crippen molar-refractivity contribution in [1.82, 2.24) is 14.8 Å². The highest BCUT2D eigenvalue weighted by molar-refractivity contribution is 5.95. The van der Waals surface area contributed by atoms with E-state index in [4.69, 9.17) is 0 Å². The quantitative estimate of drug-likeness (QED) is 0.924. The molecule has 0 aliphatic carbocycles. The third kappa shape index (κ3) is 3.44. The van der Waals surface area contributed by atoms with E-state index in [9.17, 15) is 9.90 Å². The van der Waals surface area contributed by atoms with Crippen molar-refractivity contribution in [3.63, 3.8) is 0 Å². The van der Waals surface area contributed by atoms with Gasteiger partial charge in [-0.25, -0.2) is 0 Å². The van der Waals surface area contributed by atoms with Crippen LogP contribution in [0.4, 0.5) is 0 Å². The van der Waals surface area contributed by atoms with Crippen LogP contribution < -0.4 is 0 Å². The van der Waals surface area contributed by atoms with Gasteiger partial charge >= 0.3 is 0 Å². The number of nitrogens with zero attached hydrogens (tertiary/aromatic N) is 3. The first-order valence-corrected chi connectivity index (χ1v) is 9.33. The zero-order chi connectivity index (χ0) is 18.1. The van der Waals surface area contributed by atoms with Gasteiger partial charge in [-0.15, -0.1) is 0 Å². The van der Waals surface area contributed by atoms with Gasteiger partial charge in [0, 0.05) is 44.0 Å². The second kappa shape index (κ2) is 7.08. The van der Waals surface area contributed by atoms with Crippen LogP contribution >= 0.6 is 0 Å². The maximum Gasteiger partial charge on any atom is 0.254 e. The van der Waals surface area contributed by atoms with E-state index in [2.05, 4.69) is 16.0 Å². The summed E-state index contributed by atoms with van der Waals surface area (Å²) in [7, 11) is 0. The lowest BCUT2D eigenvalue weighted by atomic mass is 9.94. The summed E-state index contributed by atoms with van der Waals surface area (Å²) < 4.78 is 0. The van der Waals surface area contributed by atoms with Gasteiger partial charge in [0.2, 0.25) is 0 Å². The van der Waals surface area contributed by atoms with Crippen LogP contribution in [0.15, 0.2) is 42.6 Å². The molecule has 3 fully saturated rings. The number of aromatic hydroxyl groups is 1. The van der Waals surface area contributed by atoms with Crippen molar-refractivity contribution < 1.29 is 9.90 Å². The number of phenolic OH excluding ortho intramolecular Hbond substituents is 1. The number of aromatic nitrogens is 1. The highest BCUT2D eigenvalue weighted by atomic mass is 16.3. The zero-order valence-electron chi connectivity index (χ0n) is 15.1. The number of benzene rings is 1. The van der Waals surface area contributed by atoms with Gasteiger partial charge in [0.1, 0.15) is 5.75 Å². The van der Waals surface area contributed by atoms with Crippen molar-refractivity contribution in [3.05, 3.63) is 59.4 Å². The van der Waals surface area contributed by atoms with E-state index in [-0.39, 0.29) is 17.7 Å². The van der Waals surface area contributed by atoms with Gasteiger partial charge in [-0.1, -0.05) is 12.1 Å². The summed E-state index contributed by atoms with van der Waals surface area (Å²) in [5.74, 6) is 0.725. The molecule has 1 amide bonds. The number of carbonyl (C=O) groups excluding carboxylic acids is 1. The lowest BCUT2D eigenvalue weighted by molar-refractivity contribution is 0.0584. The fourth-order valence-electron chi connectivity index (χ4n) is 4.19. The van der Waals surface area contributed by atoms with E-state index in [1.54, 1.807) is 6.07 Å². The Morgan fingerprint density at radius 3 is 2.85 bits per heavy atom. The van der Waals surface area contributed by atoms with Crippen LogP contribution in [0, 0.1) is 12.8 Å². The largest absolute Gasteiger partial charge is 0.508 e. The second-order valence-electron chi connectivity index (χ2n) is 7.57. The van der Waals surface area contributed by atoms with E-state index in [1.165, 1.54) is 6.42 Å². The molecule has 1 aromatic carbocycles. The molecule has 0 unspecified atom stereocenters. The number of rotatable bonds is 3. The van der Waals surface area contributed by atoms with Crippen LogP contribution in [0.25, 0.3) is 0 Å². The first-order valence-electron chi connectivity index (χ1n) is 9.33. The van der Waals surface area contributed by atoms with Crippen LogP contribution in [0.3, 0.4) is 0 Å². The molecule has 3 aliphatic rings. The Hall–Kier alpha value is -2.40. The average Bonchev–Trinajstić information content (AvgIpc) is 2.95. The summed E-state index contributed by atoms with van der Waals surface area (Å²) in [5.41, 5.74) is 2.45. The van der Waals surface area contributed by atoms with Crippen LogP contribution in [0.5, 0.6) is 5.75 Å². The van der Waals surface area contributed by atoms with Gasteiger partial charge in [-0.05, 0) is 55.5 Å². The molecule has 2 aromatic rings. The van der Waals surface area contributed by atoms with Crippen molar-refractivity contribution in [3.8, 4) is 5.75 Å². The Morgan fingerprint density at radius 2 is 2.08 bits per heavy atom. The third-order valence-corrected chi connectivity index (χ3v) is 5.62. The maximum absolute atomic E-state index is 13.1. The number of carbonyl (C=O) groups is 1. The number of hydrogen-bond donors (Lipinski definition) is 1. The summed E-state index contributed by atoms with van der Waals surface area (Å²) in [5, 5.41) is 9.96. The van der Waals surface area contributed by atoms with Gasteiger partial charge < -0.3 is 10.0 Å². The smallest absolute Gasteiger partial charge is 0.254 e. The molecule has 1 aromatic heterocycles. The number of aryl methyl sites for hydroxylation is 1. The Balaban J connectivity index is 1.51. The molecule has 0 spiro atoms. The fourth-order valence-corrected chi connectivity index (χ4v) is 4.19. The van der Waals surface area contributed by atoms with E-state index in [0.717, 1.165) is 43.9 Å². The van der Waals surface area contributed by atoms with Crippen molar-refractivity contribution in [2.24, 2.45) is 5.92 Å². The molecule has 5 heteroatoms. The number of amides is 1. The Kier molecular flexibility index (Phi) is 4.64. The minimum absolute atomic E-state index is 0.0367. The molecule has 0 saturated carbocycles. The number of piperidine rings is 1. The molecule has 2 atom stereocenters. The molecule has 3 saturated heterocycles. The molecule has 3 aliphatic heterocycles. The predicted octanol–water partition coefficient (Wildman–Crippen LogP) is 2.83. The van der Waals surface area contributed by atoms with E-state index in [1.807, 2.05) is 42.3 Å². The first-order chi connectivity index (χ1) is 12.6. The SMILES string of the molecule is Cc1ccc(C(=O)N2C[C@H]3CC[C@@H]2CN(Cc2ccccn2)C3)cc1O. The predicted molar refractivity (Wildman–Crippen MR) is 99.9 cm³/mol. The zero-order valence-corrected chi connectivity index (χ0v) is 15.1. The van der Waals surface area contributed by atoms with Gasteiger partial charge in [-0.3, -0.25) is 14.7 Å². The van der Waals surface area contributed by atoms with E-state index >= 15 is 0 Å². The van der Waals surface area contributed by atoms with Gasteiger partial charge in [-0.2, -0.15) is 0 Å². The third-order valence-electron chi connectivity index (χ3n) is 5.62. The summed E-state index contributed by atoms with van der Waals surface area (Å²) in [6.45, 7) is 5.37. The van der Waals surface area contributed by atoms with Crippen molar-refractivity contribution in [2.45, 2.75) is 32.4 Å². The van der Waals surface area contributed by atoms with E-state index in [0.29, 0.717) is 11.5 Å². The molecule has 4 heterocycles. The summed E-state index contributed by atoms with van der Waals surface area (Å²) >= 11 is 0. The molecular formula is C21H25N3O2. The van der Waals surface area contributed by atoms with Crippen LogP contribution in [-0.2, 0) is 6.54 Å². The Morgan fingerprint density at radius 1 is 1.19 bits per heavy atom. The van der Waals surface area contributed by atoms with Gasteiger partial charge in [0.15, 0.2) is 0 Å². The van der Waals surface area contributed by atoms with Crippen molar-refractivity contribution in [2.75, 3.05) is 19.6 Å². The standard InChI is InChI=1S/C21H25N3O2/c1-15-5-7-17(10-20(15)25)21(26)24-12-16-6-8-19(24)14-23(11-16)13-18-4-2-3-9-22-18/h2-5,7,9-10,16,19,25H,6,8,11-14H2,1H3/t16-,19+/m0/s1. The average molecular weight is 351 g/mol. The molecule has 0 radical (unpaired) electrons. The molecular weight excluding hydrogens is 326 g/mol. The van der Waals surface area contributed by atoms with Gasteiger partial charge in [0.05, 0.1) is 5.69 Å². The summed E-state index contributed by atoms with van der Waals surface area (Å²) in [6, 6.07) is 11.5. The Labute approximate surface area is 154 Å². The maximum atomic E-state index is 13.1. The number of fused-ring (bicyclic) bond motifs is 4. The van der Waals surface area contributed by atoms with Crippen LogP contribution in [0.1, 0.15) is 34.5 Å². The van der Waals surface area contributed by atoms with Crippen molar-refractivity contribution >= 4 is 5.91 Å². The monoisotopic (exact) mass is 351 g/mol. The molecule has 26 heavy (non-hydrogen) atoms. The molecule has 1 N–H and O–H groups in total. The topological polar surface area (TPSA) is 56.7 Å². The van der Waals surface area contributed by atoms with Crippen molar-refractivity contribution in [1.29, 1.82) is 0 Å². The summed E-state index contributed by atoms with van der Waals surface area (Å²) in [4.78, 5) is 22.0. The van der Waals surface area contributed by atoms with Crippen LogP contribution in [-0.4, -0.2) is 51.5 Å². The number of phenols is 1. The van der Waals surface area contributed by atoms with Crippen LogP contribution in [0.2, 0.25) is 0 Å². The number of hydrogen-bond acceptors (Lipinski definition) is 4. The summed E-state index contributed by atoms with van der Waals surface area (Å²) in [6.07, 6.45) is 4.06. The lowest BCUT2D eigenvalue weighted by Crippen LogP contribution is -2.47. The normalized spacial score (nSPS) is 23.0. The molecule has 5 nitrogen and oxygen atoms in total. The minimum Gasteiger partial charge on any atom is -0.508 e. The molecule has 5 rings (SSSR count). The highest BCUT2D eigenvalue weighted by Crippen LogP contribution is 2.30. The first kappa shape index (κ1) is 17.0. The molecule has 2 bridgehead atoms. The number of pyridine rings is 1. The highest BCUT2D eigenvalue weighted by Gasteiger charge is 2.37. The lowest BCUT2D eigenvalue weighted by Gasteiger charge is -2.36. The van der Waals surface area contributed by atoms with E-state index < -0.39 is 0 Å². The molecule has 136 valence electrons. The minimum atomic E-state index is 0.0367.